The Kier molecular flexibility index (Phi) is 10.1. The lowest BCUT2D eigenvalue weighted by molar-refractivity contribution is 1.28. The van der Waals surface area contributed by atoms with Gasteiger partial charge in [0.05, 0.1) is 0 Å². The molecule has 61 heavy (non-hydrogen) atoms. The molecule has 0 fully saturated rings. The third kappa shape index (κ3) is 7.55. The molecule has 0 aliphatic rings. The van der Waals surface area contributed by atoms with Gasteiger partial charge in [0.1, 0.15) is 0 Å². The van der Waals surface area contributed by atoms with Crippen molar-refractivity contribution in [2.24, 2.45) is 0 Å². The predicted molar refractivity (Wildman–Crippen MR) is 261 cm³/mol. The van der Waals surface area contributed by atoms with E-state index in [1.807, 2.05) is 0 Å². The largest absolute Gasteiger partial charge is 0.311 e. The van der Waals surface area contributed by atoms with Crippen LogP contribution < -0.4 is 4.90 Å². The van der Waals surface area contributed by atoms with Crippen LogP contribution in [0.15, 0.2) is 237 Å². The highest BCUT2D eigenvalue weighted by atomic mass is 15.1. The number of fused-ring (bicyclic) bond motifs is 1. The van der Waals surface area contributed by atoms with Crippen molar-refractivity contribution in [2.75, 3.05) is 4.90 Å². The van der Waals surface area contributed by atoms with E-state index in [2.05, 4.69) is 255 Å². The number of rotatable bonds is 9. The summed E-state index contributed by atoms with van der Waals surface area (Å²) in [6.07, 6.45) is 0. The van der Waals surface area contributed by atoms with Crippen LogP contribution in [-0.2, 0) is 0 Å². The quantitative estimate of drug-likeness (QED) is 0.141. The Labute approximate surface area is 359 Å². The maximum absolute atomic E-state index is 2.36. The van der Waals surface area contributed by atoms with Gasteiger partial charge in [-0.25, -0.2) is 0 Å². The Morgan fingerprint density at radius 1 is 0.262 bits per heavy atom. The van der Waals surface area contributed by atoms with Crippen molar-refractivity contribution in [1.29, 1.82) is 0 Å². The smallest absolute Gasteiger partial charge is 0.0462 e. The molecule has 0 N–H and O–H groups in total. The lowest BCUT2D eigenvalue weighted by Gasteiger charge is -2.26. The number of hydrogen-bond acceptors (Lipinski definition) is 1. The Morgan fingerprint density at radius 3 is 1.30 bits per heavy atom. The number of para-hydroxylation sites is 1. The second-order valence-corrected chi connectivity index (χ2v) is 15.8. The Hall–Kier alpha value is -7.74. The van der Waals surface area contributed by atoms with Gasteiger partial charge in [-0.15, -0.1) is 0 Å². The number of anilines is 3. The van der Waals surface area contributed by atoms with Crippen molar-refractivity contribution in [2.45, 2.75) is 13.8 Å². The lowest BCUT2D eigenvalue weighted by atomic mass is 9.87. The maximum Gasteiger partial charge on any atom is 0.0462 e. The minimum Gasteiger partial charge on any atom is -0.311 e. The van der Waals surface area contributed by atoms with Crippen molar-refractivity contribution < 1.29 is 0 Å². The van der Waals surface area contributed by atoms with Gasteiger partial charge in [-0.1, -0.05) is 182 Å². The SMILES string of the molecule is Cc1ccccc1-c1ccc(-c2c(-c3ccc(N(c4ccccc4)c4ccc(-c5cc(-c6ccccc6)cc(-c6ccccc6)c5)cc4)cc3)ccc3ccccc23)cc1C. The summed E-state index contributed by atoms with van der Waals surface area (Å²) >= 11 is 0. The molecule has 0 amide bonds. The summed E-state index contributed by atoms with van der Waals surface area (Å²) in [6, 6.07) is 85.9. The summed E-state index contributed by atoms with van der Waals surface area (Å²) < 4.78 is 0. The summed E-state index contributed by atoms with van der Waals surface area (Å²) in [5.41, 5.74) is 20.5. The standard InChI is InChI=1S/C60H45N/c1-42-16-12-14-24-56(42)57-36-31-49(38-43(57)2)60-58-25-15-13-21-47(58)30-37-59(60)48-28-34-55(35-29-48)61(53-22-10-5-11-23-53)54-32-26-46(27-33-54)52-40-50(44-17-6-3-7-18-44)39-51(41-52)45-19-8-4-9-20-45/h3-41H,1-2H3. The second-order valence-electron chi connectivity index (χ2n) is 15.8. The topological polar surface area (TPSA) is 3.24 Å². The van der Waals surface area contributed by atoms with E-state index < -0.39 is 0 Å². The summed E-state index contributed by atoms with van der Waals surface area (Å²) in [5, 5.41) is 2.49. The highest BCUT2D eigenvalue weighted by Gasteiger charge is 2.17. The monoisotopic (exact) mass is 779 g/mol. The summed E-state index contributed by atoms with van der Waals surface area (Å²) in [5.74, 6) is 0. The van der Waals surface area contributed by atoms with Crippen LogP contribution in [-0.4, -0.2) is 0 Å². The van der Waals surface area contributed by atoms with Crippen LogP contribution in [0.5, 0.6) is 0 Å². The molecule has 1 nitrogen and oxygen atoms in total. The fraction of sp³-hybridized carbons (Fsp3) is 0.0333. The van der Waals surface area contributed by atoms with E-state index in [1.54, 1.807) is 0 Å². The van der Waals surface area contributed by atoms with Gasteiger partial charge < -0.3 is 4.90 Å². The first-order valence-electron chi connectivity index (χ1n) is 21.1. The summed E-state index contributed by atoms with van der Waals surface area (Å²) in [6.45, 7) is 4.43. The van der Waals surface area contributed by atoms with Crippen LogP contribution in [0.3, 0.4) is 0 Å². The third-order valence-electron chi connectivity index (χ3n) is 11.9. The molecule has 1 heteroatoms. The van der Waals surface area contributed by atoms with E-state index in [1.165, 1.54) is 88.7 Å². The second kappa shape index (κ2) is 16.5. The number of benzene rings is 10. The average molecular weight is 780 g/mol. The van der Waals surface area contributed by atoms with Gasteiger partial charge in [-0.05, 0) is 157 Å². The minimum atomic E-state index is 1.10. The first-order valence-corrected chi connectivity index (χ1v) is 21.1. The van der Waals surface area contributed by atoms with Gasteiger partial charge >= 0.3 is 0 Å². The average Bonchev–Trinajstić information content (AvgIpc) is 3.33. The van der Waals surface area contributed by atoms with Gasteiger partial charge in [0.2, 0.25) is 0 Å². The van der Waals surface area contributed by atoms with E-state index in [4.69, 9.17) is 0 Å². The molecule has 290 valence electrons. The van der Waals surface area contributed by atoms with E-state index >= 15 is 0 Å². The highest BCUT2D eigenvalue weighted by molar-refractivity contribution is 6.04. The van der Waals surface area contributed by atoms with Crippen LogP contribution in [0.25, 0.3) is 77.5 Å². The van der Waals surface area contributed by atoms with E-state index in [0.717, 1.165) is 17.1 Å². The number of aryl methyl sites for hydroxylation is 2. The van der Waals surface area contributed by atoms with Gasteiger partial charge in [-0.2, -0.15) is 0 Å². The zero-order valence-electron chi connectivity index (χ0n) is 34.5. The van der Waals surface area contributed by atoms with Crippen molar-refractivity contribution >= 4 is 27.8 Å². The number of nitrogens with zero attached hydrogens (tertiary/aromatic N) is 1. The Bertz CT molecular complexity index is 3050. The fourth-order valence-electron chi connectivity index (χ4n) is 8.83. The van der Waals surface area contributed by atoms with Crippen LogP contribution in [0, 0.1) is 13.8 Å². The molecular weight excluding hydrogens is 735 g/mol. The molecule has 0 saturated carbocycles. The third-order valence-corrected chi connectivity index (χ3v) is 11.9. The van der Waals surface area contributed by atoms with Crippen LogP contribution in [0.4, 0.5) is 17.1 Å². The van der Waals surface area contributed by atoms with E-state index in [9.17, 15) is 0 Å². The molecule has 0 atom stereocenters. The summed E-state index contributed by atoms with van der Waals surface area (Å²) in [4.78, 5) is 2.35. The van der Waals surface area contributed by atoms with Gasteiger partial charge in [0.25, 0.3) is 0 Å². The summed E-state index contributed by atoms with van der Waals surface area (Å²) in [7, 11) is 0. The van der Waals surface area contributed by atoms with E-state index in [-0.39, 0.29) is 0 Å². The molecule has 0 aliphatic carbocycles. The normalized spacial score (nSPS) is 11.1. The Morgan fingerprint density at radius 2 is 0.705 bits per heavy atom. The predicted octanol–water partition coefficient (Wildman–Crippen LogP) is 16.9. The zero-order valence-corrected chi connectivity index (χ0v) is 34.5. The molecule has 0 bridgehead atoms. The van der Waals surface area contributed by atoms with Crippen LogP contribution in [0.2, 0.25) is 0 Å². The molecule has 10 rings (SSSR count). The number of hydrogen-bond donors (Lipinski definition) is 0. The molecule has 10 aromatic carbocycles. The van der Waals surface area contributed by atoms with Crippen molar-refractivity contribution in [3.05, 3.63) is 248 Å². The van der Waals surface area contributed by atoms with Crippen molar-refractivity contribution in [3.63, 3.8) is 0 Å². The molecule has 0 aromatic heterocycles. The molecular formula is C60H45N. The molecule has 0 aliphatic heterocycles. The molecule has 0 spiro atoms. The van der Waals surface area contributed by atoms with Gasteiger partial charge in [0, 0.05) is 17.1 Å². The fourth-order valence-corrected chi connectivity index (χ4v) is 8.83. The van der Waals surface area contributed by atoms with Crippen LogP contribution in [0.1, 0.15) is 11.1 Å². The first kappa shape index (κ1) is 37.5. The van der Waals surface area contributed by atoms with Crippen LogP contribution >= 0.6 is 0 Å². The molecule has 0 heterocycles. The molecule has 0 radical (unpaired) electrons. The first-order chi connectivity index (χ1) is 30.1. The highest BCUT2D eigenvalue weighted by Crippen LogP contribution is 2.42. The van der Waals surface area contributed by atoms with E-state index in [0.29, 0.717) is 0 Å². The zero-order chi connectivity index (χ0) is 41.1. The minimum absolute atomic E-state index is 1.10. The molecule has 0 unspecified atom stereocenters. The van der Waals surface area contributed by atoms with Crippen molar-refractivity contribution in [1.82, 2.24) is 0 Å². The van der Waals surface area contributed by atoms with Crippen molar-refractivity contribution in [3.8, 4) is 66.8 Å². The Balaban J connectivity index is 1.02. The van der Waals surface area contributed by atoms with Gasteiger partial charge in [0.15, 0.2) is 0 Å². The molecule has 0 saturated heterocycles. The maximum atomic E-state index is 2.36. The van der Waals surface area contributed by atoms with Gasteiger partial charge in [-0.3, -0.25) is 0 Å². The lowest BCUT2D eigenvalue weighted by Crippen LogP contribution is -2.09. The molecule has 10 aromatic rings.